The Hall–Kier alpha value is -2.78. The first-order chi connectivity index (χ1) is 22.1. The van der Waals surface area contributed by atoms with Crippen molar-refractivity contribution in [3.05, 3.63) is 35.4 Å². The van der Waals surface area contributed by atoms with E-state index in [1.165, 1.54) is 18.7 Å². The van der Waals surface area contributed by atoms with E-state index in [-0.39, 0.29) is 30.8 Å². The normalized spacial score (nSPS) is 22.1. The lowest BCUT2D eigenvalue weighted by Crippen LogP contribution is -2.61. The molecule has 0 bridgehead atoms. The van der Waals surface area contributed by atoms with E-state index in [1.807, 2.05) is 0 Å². The Bertz CT molecular complexity index is 1270. The van der Waals surface area contributed by atoms with E-state index in [0.29, 0.717) is 36.8 Å². The summed E-state index contributed by atoms with van der Waals surface area (Å²) in [5.41, 5.74) is -9.53. The highest BCUT2D eigenvalue weighted by molar-refractivity contribution is 7.99. The summed E-state index contributed by atoms with van der Waals surface area (Å²) in [6.07, 6.45) is -14.3. The third-order valence-electron chi connectivity index (χ3n) is 6.83. The van der Waals surface area contributed by atoms with Gasteiger partial charge in [0, 0.05) is 23.0 Å². The van der Waals surface area contributed by atoms with E-state index < -0.39 is 83.5 Å². The molecule has 1 aromatic rings. The van der Waals surface area contributed by atoms with Crippen LogP contribution in [0, 0.1) is 0 Å². The van der Waals surface area contributed by atoms with Gasteiger partial charge in [-0.1, -0.05) is 25.1 Å². The van der Waals surface area contributed by atoms with Crippen molar-refractivity contribution in [2.24, 2.45) is 0 Å². The monoisotopic (exact) mass is 724 g/mol. The van der Waals surface area contributed by atoms with Gasteiger partial charge in [0.15, 0.2) is 12.6 Å². The molecule has 0 N–H and O–H groups in total. The number of carbonyl (C=O) groups is 4. The van der Waals surface area contributed by atoms with E-state index in [0.717, 1.165) is 18.9 Å². The van der Waals surface area contributed by atoms with Crippen molar-refractivity contribution >= 4 is 47.4 Å². The second-order valence-electron chi connectivity index (χ2n) is 9.73. The Morgan fingerprint density at radius 3 is 1.85 bits per heavy atom. The van der Waals surface area contributed by atoms with E-state index >= 15 is 0 Å². The third kappa shape index (κ3) is 8.83. The van der Waals surface area contributed by atoms with Crippen LogP contribution in [0.4, 0.5) is 26.3 Å². The van der Waals surface area contributed by atoms with Crippen molar-refractivity contribution in [3.63, 3.8) is 0 Å². The Kier molecular flexibility index (Phi) is 13.2. The number of halogens is 6. The van der Waals surface area contributed by atoms with E-state index in [4.69, 9.17) is 18.9 Å². The SMILES string of the molecule is CCC(OC1CSCCO1)(C(=O)OC)C(=O)OOC(=O)C(OC1CSCCO1)(C(=O)OC)C(c1cccc(C(F)(F)F)c1)C(F)(F)F. The summed E-state index contributed by atoms with van der Waals surface area (Å²) in [4.78, 5) is 62.1. The number of alkyl halides is 6. The molecule has 2 aliphatic heterocycles. The summed E-state index contributed by atoms with van der Waals surface area (Å²) in [6.45, 7) is 1.31. The highest BCUT2D eigenvalue weighted by Crippen LogP contribution is 2.48. The molecule has 0 saturated carbocycles. The molecule has 264 valence electrons. The first kappa shape index (κ1) is 38.7. The molecular weight excluding hydrogens is 694 g/mol. The predicted octanol–water partition coefficient (Wildman–Crippen LogP) is 3.80. The van der Waals surface area contributed by atoms with Crippen molar-refractivity contribution < 1.29 is 83.7 Å². The fourth-order valence-electron chi connectivity index (χ4n) is 4.61. The molecule has 3 rings (SSSR count). The number of carbonyl (C=O) groups excluding carboxylic acids is 4. The summed E-state index contributed by atoms with van der Waals surface area (Å²) in [5.74, 6) is -10.4. The first-order valence-electron chi connectivity index (χ1n) is 13.6. The average Bonchev–Trinajstić information content (AvgIpc) is 3.04. The molecule has 2 aliphatic rings. The van der Waals surface area contributed by atoms with Gasteiger partial charge in [0.1, 0.15) is 5.92 Å². The second kappa shape index (κ2) is 16.1. The number of thioether (sulfide) groups is 2. The van der Waals surface area contributed by atoms with Crippen LogP contribution in [-0.2, 0) is 63.6 Å². The van der Waals surface area contributed by atoms with Crippen LogP contribution in [-0.4, -0.2) is 104 Å². The minimum Gasteiger partial charge on any atom is -0.466 e. The molecule has 1 aromatic carbocycles. The van der Waals surface area contributed by atoms with Gasteiger partial charge in [0.05, 0.1) is 33.0 Å². The summed E-state index contributed by atoms with van der Waals surface area (Å²) in [5, 5.41) is 0. The van der Waals surface area contributed by atoms with E-state index in [1.54, 1.807) is 0 Å². The Morgan fingerprint density at radius 1 is 0.830 bits per heavy atom. The quantitative estimate of drug-likeness (QED) is 0.107. The van der Waals surface area contributed by atoms with Gasteiger partial charge in [0.25, 0.3) is 11.2 Å². The summed E-state index contributed by atoms with van der Waals surface area (Å²) in [7, 11) is 1.46. The van der Waals surface area contributed by atoms with E-state index in [9.17, 15) is 45.5 Å². The molecule has 0 spiro atoms. The molecule has 47 heavy (non-hydrogen) atoms. The molecule has 2 saturated heterocycles. The first-order valence-corrected chi connectivity index (χ1v) is 16.0. The summed E-state index contributed by atoms with van der Waals surface area (Å²) < 4.78 is 116. The molecule has 0 aromatic heterocycles. The predicted molar refractivity (Wildman–Crippen MR) is 149 cm³/mol. The maximum Gasteiger partial charge on any atom is 0.416 e. The number of methoxy groups -OCH3 is 2. The highest BCUT2D eigenvalue weighted by atomic mass is 32.2. The zero-order valence-electron chi connectivity index (χ0n) is 25.0. The molecular formula is C27H30F6O12S2. The zero-order chi connectivity index (χ0) is 35.0. The third-order valence-corrected chi connectivity index (χ3v) is 8.76. The van der Waals surface area contributed by atoms with Gasteiger partial charge in [0.2, 0.25) is 0 Å². The van der Waals surface area contributed by atoms with Gasteiger partial charge in [-0.05, 0) is 18.1 Å². The molecule has 12 nitrogen and oxygen atoms in total. The van der Waals surface area contributed by atoms with E-state index in [2.05, 4.69) is 19.2 Å². The van der Waals surface area contributed by atoms with Crippen molar-refractivity contribution in [3.8, 4) is 0 Å². The van der Waals surface area contributed by atoms with Crippen LogP contribution in [0.1, 0.15) is 30.4 Å². The van der Waals surface area contributed by atoms with Gasteiger partial charge >= 0.3 is 36.2 Å². The average molecular weight is 725 g/mol. The van der Waals surface area contributed by atoms with Gasteiger partial charge in [-0.15, -0.1) is 0 Å². The highest BCUT2D eigenvalue weighted by Gasteiger charge is 2.68. The number of hydrogen-bond donors (Lipinski definition) is 0. The van der Waals surface area contributed by atoms with Gasteiger partial charge in [-0.25, -0.2) is 29.0 Å². The van der Waals surface area contributed by atoms with Crippen LogP contribution < -0.4 is 0 Å². The molecule has 0 amide bonds. The Morgan fingerprint density at radius 2 is 1.38 bits per heavy atom. The standard InChI is InChI=1S/C27H30F6O12S2/c1-4-24(20(34)38-2,42-17-13-46-10-8-40-17)21(35)44-45-23(37)25(22(36)39-3,43-18-14-47-11-9-41-18)19(27(31,32)33)15-6-5-7-16(12-15)26(28,29)30/h5-7,12,17-19H,4,8-11,13-14H2,1-3H3. The Balaban J connectivity index is 2.12. The van der Waals surface area contributed by atoms with Crippen LogP contribution in [0.25, 0.3) is 0 Å². The zero-order valence-corrected chi connectivity index (χ0v) is 26.6. The van der Waals surface area contributed by atoms with Crippen molar-refractivity contribution in [2.75, 3.05) is 50.4 Å². The molecule has 5 unspecified atom stereocenters. The Labute approximate surface area is 272 Å². The van der Waals surface area contributed by atoms with Gasteiger partial charge in [-0.3, -0.25) is 0 Å². The molecule has 20 heteroatoms. The summed E-state index contributed by atoms with van der Waals surface area (Å²) >= 11 is 2.43. The smallest absolute Gasteiger partial charge is 0.416 e. The minimum atomic E-state index is -5.72. The maximum absolute atomic E-state index is 15.0. The molecule has 0 radical (unpaired) electrons. The number of esters is 2. The second-order valence-corrected chi connectivity index (χ2v) is 12.0. The largest absolute Gasteiger partial charge is 0.466 e. The summed E-state index contributed by atoms with van der Waals surface area (Å²) in [6, 6.07) is 1.71. The number of ether oxygens (including phenoxy) is 6. The number of rotatable bonds is 11. The van der Waals surface area contributed by atoms with Crippen molar-refractivity contribution in [1.82, 2.24) is 0 Å². The van der Waals surface area contributed by atoms with Crippen LogP contribution >= 0.6 is 23.5 Å². The molecule has 5 atom stereocenters. The van der Waals surface area contributed by atoms with Crippen LogP contribution in [0.3, 0.4) is 0 Å². The van der Waals surface area contributed by atoms with Crippen LogP contribution in [0.15, 0.2) is 24.3 Å². The van der Waals surface area contributed by atoms with Crippen molar-refractivity contribution in [1.29, 1.82) is 0 Å². The topological polar surface area (TPSA) is 142 Å². The lowest BCUT2D eigenvalue weighted by molar-refractivity contribution is -0.307. The minimum absolute atomic E-state index is 0.0599. The lowest BCUT2D eigenvalue weighted by atomic mass is 9.80. The maximum atomic E-state index is 15.0. The molecule has 2 heterocycles. The molecule has 0 aliphatic carbocycles. The lowest BCUT2D eigenvalue weighted by Gasteiger charge is -2.39. The fraction of sp³-hybridized carbons (Fsp3) is 0.630. The van der Waals surface area contributed by atoms with Crippen LogP contribution in [0.5, 0.6) is 0 Å². The number of hydrogen-bond acceptors (Lipinski definition) is 14. The fourth-order valence-corrected chi connectivity index (χ4v) is 6.08. The van der Waals surface area contributed by atoms with Crippen LogP contribution in [0.2, 0.25) is 0 Å². The number of benzene rings is 1. The van der Waals surface area contributed by atoms with Gasteiger partial charge < -0.3 is 28.4 Å². The van der Waals surface area contributed by atoms with Crippen molar-refractivity contribution in [2.45, 2.75) is 55.4 Å². The van der Waals surface area contributed by atoms with Gasteiger partial charge in [-0.2, -0.15) is 49.9 Å². The molecule has 2 fully saturated rings.